The fraction of sp³-hybridized carbons (Fsp3) is 0.350. The van der Waals surface area contributed by atoms with Gasteiger partial charge in [-0.3, -0.25) is 4.79 Å². The second-order valence-corrected chi connectivity index (χ2v) is 6.42. The van der Waals surface area contributed by atoms with Crippen molar-refractivity contribution in [1.29, 1.82) is 0 Å². The molecule has 0 N–H and O–H groups in total. The van der Waals surface area contributed by atoms with Gasteiger partial charge in [0, 0.05) is 38.4 Å². The van der Waals surface area contributed by atoms with Crippen molar-refractivity contribution < 1.29 is 23.5 Å². The third-order valence-electron chi connectivity index (χ3n) is 4.44. The highest BCUT2D eigenvalue weighted by molar-refractivity contribution is 5.91. The Morgan fingerprint density at radius 1 is 1.21 bits per heavy atom. The summed E-state index contributed by atoms with van der Waals surface area (Å²) >= 11 is 0. The molecule has 0 saturated carbocycles. The van der Waals surface area contributed by atoms with Crippen molar-refractivity contribution in [2.75, 3.05) is 44.9 Å². The minimum absolute atomic E-state index is 0.0961. The average molecular weight is 387 g/mol. The van der Waals surface area contributed by atoms with Crippen molar-refractivity contribution in [3.05, 3.63) is 59.5 Å². The molecule has 1 amide bonds. The number of anilines is 1. The predicted octanol–water partition coefficient (Wildman–Crippen LogP) is 1.87. The van der Waals surface area contributed by atoms with Crippen LogP contribution in [0, 0.1) is 5.82 Å². The number of hydrogen-bond donors (Lipinski definition) is 0. The maximum atomic E-state index is 13.7. The zero-order valence-corrected chi connectivity index (χ0v) is 15.6. The molecule has 0 unspecified atom stereocenters. The van der Waals surface area contributed by atoms with Gasteiger partial charge >= 0.3 is 5.97 Å². The minimum atomic E-state index is -0.631. The summed E-state index contributed by atoms with van der Waals surface area (Å²) in [5.41, 5.74) is 0.661. The Morgan fingerprint density at radius 3 is 2.64 bits per heavy atom. The molecule has 0 bridgehead atoms. The van der Waals surface area contributed by atoms with E-state index in [1.54, 1.807) is 30.3 Å². The van der Waals surface area contributed by atoms with Gasteiger partial charge in [0.1, 0.15) is 11.6 Å². The number of halogens is 1. The second-order valence-electron chi connectivity index (χ2n) is 6.42. The largest absolute Gasteiger partial charge is 0.452 e. The molecule has 0 aliphatic carbocycles. The molecule has 1 aliphatic rings. The number of nitrogens with zero attached hydrogens (tertiary/aromatic N) is 3. The van der Waals surface area contributed by atoms with Crippen LogP contribution in [0.5, 0.6) is 0 Å². The van der Waals surface area contributed by atoms with Crippen molar-refractivity contribution in [3.63, 3.8) is 0 Å². The number of rotatable bonds is 6. The van der Waals surface area contributed by atoms with Crippen molar-refractivity contribution in [2.45, 2.75) is 6.54 Å². The van der Waals surface area contributed by atoms with Crippen molar-refractivity contribution in [3.8, 4) is 0 Å². The highest BCUT2D eigenvalue weighted by Gasteiger charge is 2.17. The number of carbonyl (C=O) groups excluding carboxylic acids is 2. The summed E-state index contributed by atoms with van der Waals surface area (Å²) in [7, 11) is 1.53. The second kappa shape index (κ2) is 9.27. The predicted molar refractivity (Wildman–Crippen MR) is 100 cm³/mol. The van der Waals surface area contributed by atoms with Crippen LogP contribution in [0.3, 0.4) is 0 Å². The summed E-state index contributed by atoms with van der Waals surface area (Å²) in [5, 5.41) is 0. The zero-order valence-electron chi connectivity index (χ0n) is 15.6. The molecule has 3 rings (SSSR count). The van der Waals surface area contributed by atoms with Gasteiger partial charge in [0.25, 0.3) is 5.91 Å². The van der Waals surface area contributed by atoms with E-state index in [1.807, 2.05) is 0 Å². The molecule has 1 aliphatic heterocycles. The molecule has 1 saturated heterocycles. The lowest BCUT2D eigenvalue weighted by molar-refractivity contribution is -0.133. The average Bonchev–Trinajstić information content (AvgIpc) is 2.74. The molecular weight excluding hydrogens is 365 g/mol. The van der Waals surface area contributed by atoms with Crippen molar-refractivity contribution in [1.82, 2.24) is 9.88 Å². The number of benzene rings is 1. The van der Waals surface area contributed by atoms with E-state index >= 15 is 0 Å². The Bertz CT molecular complexity index is 822. The lowest BCUT2D eigenvalue weighted by atomic mass is 10.2. The van der Waals surface area contributed by atoms with Crippen LogP contribution in [0.15, 0.2) is 42.6 Å². The van der Waals surface area contributed by atoms with Crippen LogP contribution < -0.4 is 4.90 Å². The normalized spacial score (nSPS) is 13.9. The van der Waals surface area contributed by atoms with E-state index in [4.69, 9.17) is 9.47 Å². The maximum Gasteiger partial charge on any atom is 0.340 e. The number of aromatic nitrogens is 1. The van der Waals surface area contributed by atoms with E-state index in [0.29, 0.717) is 18.8 Å². The summed E-state index contributed by atoms with van der Waals surface area (Å²) in [6.45, 7) is 2.47. The van der Waals surface area contributed by atoms with Gasteiger partial charge in [-0.15, -0.1) is 0 Å². The number of amides is 1. The fourth-order valence-electron chi connectivity index (χ4n) is 2.78. The van der Waals surface area contributed by atoms with Gasteiger partial charge in [-0.1, -0.05) is 18.2 Å². The molecule has 0 atom stereocenters. The van der Waals surface area contributed by atoms with Crippen LogP contribution in [0.25, 0.3) is 0 Å². The number of pyridine rings is 1. The minimum Gasteiger partial charge on any atom is -0.452 e. The number of esters is 1. The van der Waals surface area contributed by atoms with Gasteiger partial charge in [-0.25, -0.2) is 14.2 Å². The van der Waals surface area contributed by atoms with Crippen LogP contribution in [-0.2, 0) is 20.8 Å². The van der Waals surface area contributed by atoms with Gasteiger partial charge in [-0.2, -0.15) is 0 Å². The highest BCUT2D eigenvalue weighted by atomic mass is 19.1. The molecule has 28 heavy (non-hydrogen) atoms. The lowest BCUT2D eigenvalue weighted by Crippen LogP contribution is -2.36. The van der Waals surface area contributed by atoms with E-state index < -0.39 is 18.5 Å². The number of ether oxygens (including phenoxy) is 2. The summed E-state index contributed by atoms with van der Waals surface area (Å²) in [4.78, 5) is 32.0. The van der Waals surface area contributed by atoms with Gasteiger partial charge in [0.15, 0.2) is 6.61 Å². The number of hydrogen-bond acceptors (Lipinski definition) is 6. The van der Waals surface area contributed by atoms with Gasteiger partial charge in [0.05, 0.1) is 18.8 Å². The molecule has 1 aromatic heterocycles. The third kappa shape index (κ3) is 5.04. The van der Waals surface area contributed by atoms with Crippen LogP contribution >= 0.6 is 0 Å². The SMILES string of the molecule is CN(Cc1ccccc1F)C(=O)COC(=O)c1ccc(N2CCOCC2)nc1. The molecule has 7 nitrogen and oxygen atoms in total. The van der Waals surface area contributed by atoms with Crippen LogP contribution in [0.4, 0.5) is 10.2 Å². The van der Waals surface area contributed by atoms with E-state index in [9.17, 15) is 14.0 Å². The molecule has 0 radical (unpaired) electrons. The Balaban J connectivity index is 1.50. The van der Waals surface area contributed by atoms with E-state index in [2.05, 4.69) is 9.88 Å². The van der Waals surface area contributed by atoms with Gasteiger partial charge < -0.3 is 19.3 Å². The third-order valence-corrected chi connectivity index (χ3v) is 4.44. The standard InChI is InChI=1S/C20H22FN3O4/c1-23(13-16-4-2-3-5-17(16)21)19(25)14-28-20(26)15-6-7-18(22-12-15)24-8-10-27-11-9-24/h2-7,12H,8-11,13-14H2,1H3. The monoisotopic (exact) mass is 387 g/mol. The first-order valence-electron chi connectivity index (χ1n) is 8.98. The summed E-state index contributed by atoms with van der Waals surface area (Å²) in [6, 6.07) is 9.58. The van der Waals surface area contributed by atoms with E-state index in [1.165, 1.54) is 24.2 Å². The van der Waals surface area contributed by atoms with Gasteiger partial charge in [-0.05, 0) is 18.2 Å². The van der Waals surface area contributed by atoms with Gasteiger partial charge in [0.2, 0.25) is 0 Å². The number of morpholine rings is 1. The Labute approximate surface area is 162 Å². The Morgan fingerprint density at radius 2 is 1.96 bits per heavy atom. The number of likely N-dealkylation sites (N-methyl/N-ethyl adjacent to an activating group) is 1. The smallest absolute Gasteiger partial charge is 0.340 e. The van der Waals surface area contributed by atoms with Crippen LogP contribution in [0.1, 0.15) is 15.9 Å². The number of carbonyl (C=O) groups is 2. The first-order chi connectivity index (χ1) is 13.5. The fourth-order valence-corrected chi connectivity index (χ4v) is 2.78. The van der Waals surface area contributed by atoms with Crippen LogP contribution in [0.2, 0.25) is 0 Å². The molecule has 1 fully saturated rings. The van der Waals surface area contributed by atoms with E-state index in [0.717, 1.165) is 18.9 Å². The molecular formula is C20H22FN3O4. The molecule has 1 aromatic carbocycles. The summed E-state index contributed by atoms with van der Waals surface area (Å²) in [6.07, 6.45) is 1.43. The topological polar surface area (TPSA) is 72.0 Å². The summed E-state index contributed by atoms with van der Waals surface area (Å²) < 4.78 is 24.0. The van der Waals surface area contributed by atoms with Crippen molar-refractivity contribution in [2.24, 2.45) is 0 Å². The Kier molecular flexibility index (Phi) is 6.54. The quantitative estimate of drug-likeness (QED) is 0.705. The molecule has 148 valence electrons. The Hall–Kier alpha value is -3.00. The van der Waals surface area contributed by atoms with E-state index in [-0.39, 0.29) is 17.9 Å². The first kappa shape index (κ1) is 19.8. The highest BCUT2D eigenvalue weighted by Crippen LogP contribution is 2.14. The maximum absolute atomic E-state index is 13.7. The molecule has 2 heterocycles. The molecule has 8 heteroatoms. The zero-order chi connectivity index (χ0) is 19.9. The van der Waals surface area contributed by atoms with Crippen LogP contribution in [-0.4, -0.2) is 61.7 Å². The lowest BCUT2D eigenvalue weighted by Gasteiger charge is -2.27. The summed E-state index contributed by atoms with van der Waals surface area (Å²) in [5.74, 6) is -0.672. The molecule has 0 spiro atoms. The first-order valence-corrected chi connectivity index (χ1v) is 8.98. The van der Waals surface area contributed by atoms with Crippen molar-refractivity contribution >= 4 is 17.7 Å². The molecule has 2 aromatic rings.